The summed E-state index contributed by atoms with van der Waals surface area (Å²) in [6.07, 6.45) is 1.09. The Balaban J connectivity index is 2.30. The molecule has 4 nitrogen and oxygen atoms in total. The minimum absolute atomic E-state index is 0.111. The SMILES string of the molecule is CC(C)CCN(C)C(=O)C(C)CN1CCNCC1. The minimum Gasteiger partial charge on any atom is -0.345 e. The highest BCUT2D eigenvalue weighted by molar-refractivity contribution is 5.78. The molecule has 0 bridgehead atoms. The molecule has 1 heterocycles. The maximum absolute atomic E-state index is 12.2. The Kier molecular flexibility index (Phi) is 6.65. The molecule has 1 N–H and O–H groups in total. The molecule has 18 heavy (non-hydrogen) atoms. The first-order valence-corrected chi connectivity index (χ1v) is 7.18. The second-order valence-corrected chi connectivity index (χ2v) is 5.89. The fourth-order valence-electron chi connectivity index (χ4n) is 2.30. The molecule has 0 spiro atoms. The molecular weight excluding hydrogens is 226 g/mol. The van der Waals surface area contributed by atoms with Crippen LogP contribution in [0.2, 0.25) is 0 Å². The first kappa shape index (κ1) is 15.4. The highest BCUT2D eigenvalue weighted by Gasteiger charge is 2.21. The Morgan fingerprint density at radius 1 is 1.28 bits per heavy atom. The third-order valence-electron chi connectivity index (χ3n) is 3.58. The summed E-state index contributed by atoms with van der Waals surface area (Å²) in [5, 5.41) is 3.34. The van der Waals surface area contributed by atoms with Crippen molar-refractivity contribution in [2.24, 2.45) is 11.8 Å². The third kappa shape index (κ3) is 5.36. The van der Waals surface area contributed by atoms with Crippen molar-refractivity contribution in [2.45, 2.75) is 27.2 Å². The van der Waals surface area contributed by atoms with Gasteiger partial charge >= 0.3 is 0 Å². The number of amides is 1. The van der Waals surface area contributed by atoms with E-state index < -0.39 is 0 Å². The van der Waals surface area contributed by atoms with Crippen molar-refractivity contribution in [1.82, 2.24) is 15.1 Å². The van der Waals surface area contributed by atoms with E-state index in [-0.39, 0.29) is 11.8 Å². The first-order valence-electron chi connectivity index (χ1n) is 7.18. The zero-order valence-electron chi connectivity index (χ0n) is 12.4. The summed E-state index contributed by atoms with van der Waals surface area (Å²) in [6, 6.07) is 0. The maximum Gasteiger partial charge on any atom is 0.226 e. The van der Waals surface area contributed by atoms with Crippen LogP contribution in [0.4, 0.5) is 0 Å². The smallest absolute Gasteiger partial charge is 0.226 e. The van der Waals surface area contributed by atoms with Crippen LogP contribution in [0.15, 0.2) is 0 Å². The van der Waals surface area contributed by atoms with Crippen LogP contribution < -0.4 is 5.32 Å². The quantitative estimate of drug-likeness (QED) is 0.770. The van der Waals surface area contributed by atoms with Gasteiger partial charge in [0.25, 0.3) is 0 Å². The van der Waals surface area contributed by atoms with Crippen molar-refractivity contribution in [3.63, 3.8) is 0 Å². The Bertz CT molecular complexity index is 249. The van der Waals surface area contributed by atoms with Gasteiger partial charge in [0.05, 0.1) is 0 Å². The summed E-state index contributed by atoms with van der Waals surface area (Å²) >= 11 is 0. The molecule has 1 aliphatic heterocycles. The molecule has 0 saturated carbocycles. The minimum atomic E-state index is 0.111. The van der Waals surface area contributed by atoms with Gasteiger partial charge in [-0.25, -0.2) is 0 Å². The first-order chi connectivity index (χ1) is 8.50. The zero-order chi connectivity index (χ0) is 13.5. The van der Waals surface area contributed by atoms with Gasteiger partial charge in [-0.1, -0.05) is 20.8 Å². The number of carbonyl (C=O) groups is 1. The van der Waals surface area contributed by atoms with E-state index in [1.807, 2.05) is 11.9 Å². The van der Waals surface area contributed by atoms with Gasteiger partial charge < -0.3 is 15.1 Å². The van der Waals surface area contributed by atoms with E-state index in [0.717, 1.165) is 45.7 Å². The molecule has 1 aliphatic rings. The molecule has 0 aromatic heterocycles. The summed E-state index contributed by atoms with van der Waals surface area (Å²) in [5.41, 5.74) is 0. The van der Waals surface area contributed by atoms with Gasteiger partial charge in [0, 0.05) is 52.2 Å². The van der Waals surface area contributed by atoms with Crippen molar-refractivity contribution in [2.75, 3.05) is 46.3 Å². The summed E-state index contributed by atoms with van der Waals surface area (Å²) in [5.74, 6) is 1.05. The van der Waals surface area contributed by atoms with Crippen LogP contribution in [0.25, 0.3) is 0 Å². The van der Waals surface area contributed by atoms with E-state index in [1.165, 1.54) is 0 Å². The van der Waals surface area contributed by atoms with E-state index in [2.05, 4.69) is 31.0 Å². The third-order valence-corrected chi connectivity index (χ3v) is 3.58. The average molecular weight is 255 g/mol. The monoisotopic (exact) mass is 255 g/mol. The van der Waals surface area contributed by atoms with Gasteiger partial charge in [-0.3, -0.25) is 4.79 Å². The number of piperazine rings is 1. The van der Waals surface area contributed by atoms with Gasteiger partial charge in [-0.2, -0.15) is 0 Å². The molecule has 4 heteroatoms. The molecule has 106 valence electrons. The zero-order valence-corrected chi connectivity index (χ0v) is 12.4. The van der Waals surface area contributed by atoms with Crippen molar-refractivity contribution < 1.29 is 4.79 Å². The fourth-order valence-corrected chi connectivity index (χ4v) is 2.30. The Hall–Kier alpha value is -0.610. The molecule has 0 aromatic rings. The Morgan fingerprint density at radius 2 is 1.89 bits per heavy atom. The van der Waals surface area contributed by atoms with Crippen LogP contribution in [-0.2, 0) is 4.79 Å². The molecule has 1 amide bonds. The van der Waals surface area contributed by atoms with Crippen LogP contribution in [0.5, 0.6) is 0 Å². The number of nitrogens with zero attached hydrogens (tertiary/aromatic N) is 2. The molecule has 0 aliphatic carbocycles. The highest BCUT2D eigenvalue weighted by atomic mass is 16.2. The maximum atomic E-state index is 12.2. The van der Waals surface area contributed by atoms with E-state index in [4.69, 9.17) is 0 Å². The van der Waals surface area contributed by atoms with Gasteiger partial charge in [0.1, 0.15) is 0 Å². The largest absolute Gasteiger partial charge is 0.345 e. The lowest BCUT2D eigenvalue weighted by Crippen LogP contribution is -2.47. The van der Waals surface area contributed by atoms with Gasteiger partial charge in [0.2, 0.25) is 5.91 Å². The predicted octanol–water partition coefficient (Wildman–Crippen LogP) is 1.03. The summed E-state index contributed by atoms with van der Waals surface area (Å²) in [6.45, 7) is 12.4. The summed E-state index contributed by atoms with van der Waals surface area (Å²) in [7, 11) is 1.93. The molecule has 1 rings (SSSR count). The Morgan fingerprint density at radius 3 is 2.44 bits per heavy atom. The number of hydrogen-bond donors (Lipinski definition) is 1. The van der Waals surface area contributed by atoms with E-state index >= 15 is 0 Å². The van der Waals surface area contributed by atoms with Gasteiger partial charge in [-0.05, 0) is 12.3 Å². The molecule has 1 saturated heterocycles. The second kappa shape index (κ2) is 7.74. The second-order valence-electron chi connectivity index (χ2n) is 5.89. The van der Waals surface area contributed by atoms with Crippen LogP contribution >= 0.6 is 0 Å². The van der Waals surface area contributed by atoms with Gasteiger partial charge in [-0.15, -0.1) is 0 Å². The topological polar surface area (TPSA) is 35.6 Å². The molecular formula is C14H29N3O. The normalized spacial score (nSPS) is 18.9. The molecule has 1 atom stereocenters. The van der Waals surface area contributed by atoms with Crippen LogP contribution in [0.3, 0.4) is 0 Å². The van der Waals surface area contributed by atoms with Crippen molar-refractivity contribution in [3.05, 3.63) is 0 Å². The fraction of sp³-hybridized carbons (Fsp3) is 0.929. The number of rotatable bonds is 6. The van der Waals surface area contributed by atoms with Crippen molar-refractivity contribution in [3.8, 4) is 0 Å². The molecule has 1 unspecified atom stereocenters. The number of nitrogens with one attached hydrogen (secondary N) is 1. The van der Waals surface area contributed by atoms with Gasteiger partial charge in [0.15, 0.2) is 0 Å². The summed E-state index contributed by atoms with van der Waals surface area (Å²) < 4.78 is 0. The van der Waals surface area contributed by atoms with Crippen LogP contribution in [0, 0.1) is 11.8 Å². The lowest BCUT2D eigenvalue weighted by molar-refractivity contribution is -0.134. The standard InChI is InChI=1S/C14H29N3O/c1-12(2)5-8-16(4)14(18)13(3)11-17-9-6-15-7-10-17/h12-13,15H,5-11H2,1-4H3. The van der Waals surface area contributed by atoms with Crippen molar-refractivity contribution in [1.29, 1.82) is 0 Å². The predicted molar refractivity (Wildman–Crippen MR) is 75.6 cm³/mol. The van der Waals surface area contributed by atoms with Crippen LogP contribution in [-0.4, -0.2) is 62.0 Å². The van der Waals surface area contributed by atoms with E-state index in [0.29, 0.717) is 5.92 Å². The number of carbonyl (C=O) groups excluding carboxylic acids is 1. The average Bonchev–Trinajstić information content (AvgIpc) is 2.36. The summed E-state index contributed by atoms with van der Waals surface area (Å²) in [4.78, 5) is 16.5. The molecule has 0 radical (unpaired) electrons. The van der Waals surface area contributed by atoms with E-state index in [1.54, 1.807) is 0 Å². The lowest BCUT2D eigenvalue weighted by Gasteiger charge is -2.30. The Labute approximate surface area is 112 Å². The van der Waals surface area contributed by atoms with E-state index in [9.17, 15) is 4.79 Å². The number of hydrogen-bond acceptors (Lipinski definition) is 3. The lowest BCUT2D eigenvalue weighted by atomic mass is 10.1. The highest BCUT2D eigenvalue weighted by Crippen LogP contribution is 2.07. The van der Waals surface area contributed by atoms with Crippen molar-refractivity contribution >= 4 is 5.91 Å². The molecule has 1 fully saturated rings. The molecule has 0 aromatic carbocycles. The van der Waals surface area contributed by atoms with Crippen LogP contribution in [0.1, 0.15) is 27.2 Å².